The van der Waals surface area contributed by atoms with Crippen LogP contribution in [0.1, 0.15) is 44.0 Å². The summed E-state index contributed by atoms with van der Waals surface area (Å²) in [7, 11) is 0. The normalized spacial score (nSPS) is 14.3. The molecule has 0 saturated carbocycles. The molecule has 0 bridgehead atoms. The molecule has 5 aromatic rings. The molecule has 5 aromatic heterocycles. The first-order valence-corrected chi connectivity index (χ1v) is 13.0. The van der Waals surface area contributed by atoms with Gasteiger partial charge in [0, 0.05) is 54.5 Å². The van der Waals surface area contributed by atoms with Crippen molar-refractivity contribution >= 4 is 11.3 Å². The number of fused-ring (bicyclic) bond motifs is 1. The van der Waals surface area contributed by atoms with Crippen molar-refractivity contribution in [1.82, 2.24) is 34.3 Å². The molecule has 0 aliphatic carbocycles. The number of pyridine rings is 2. The molecule has 0 amide bonds. The van der Waals surface area contributed by atoms with Gasteiger partial charge in [-0.05, 0) is 63.3 Å². The van der Waals surface area contributed by atoms with E-state index in [1.807, 2.05) is 47.8 Å². The van der Waals surface area contributed by atoms with Crippen molar-refractivity contribution in [3.05, 3.63) is 78.8 Å². The monoisotopic (exact) mass is 503 g/mol. The molecule has 6 heterocycles. The Labute approximate surface area is 221 Å². The van der Waals surface area contributed by atoms with E-state index in [1.165, 1.54) is 5.69 Å². The maximum absolute atomic E-state index is 9.70. The van der Waals surface area contributed by atoms with Crippen molar-refractivity contribution in [2.75, 3.05) is 18.0 Å². The predicted molar refractivity (Wildman–Crippen MR) is 145 cm³/mol. The summed E-state index contributed by atoms with van der Waals surface area (Å²) in [4.78, 5) is 16.6. The quantitative estimate of drug-likeness (QED) is 0.323. The van der Waals surface area contributed by atoms with Crippen molar-refractivity contribution < 1.29 is 0 Å². The molecule has 9 nitrogen and oxygen atoms in total. The van der Waals surface area contributed by atoms with Crippen molar-refractivity contribution in [3.8, 4) is 28.6 Å². The van der Waals surface area contributed by atoms with Crippen molar-refractivity contribution in [3.63, 3.8) is 0 Å². The Morgan fingerprint density at radius 1 is 0.974 bits per heavy atom. The second-order valence-electron chi connectivity index (χ2n) is 10.1. The minimum Gasteiger partial charge on any atom is -0.357 e. The van der Waals surface area contributed by atoms with E-state index >= 15 is 0 Å². The maximum atomic E-state index is 9.70. The first kappa shape index (κ1) is 23.8. The highest BCUT2D eigenvalue weighted by molar-refractivity contribution is 5.83. The zero-order chi connectivity index (χ0) is 26.1. The third-order valence-electron chi connectivity index (χ3n) is 7.23. The molecular weight excluding hydrogens is 474 g/mol. The van der Waals surface area contributed by atoms with Gasteiger partial charge in [0.25, 0.3) is 0 Å². The summed E-state index contributed by atoms with van der Waals surface area (Å²) in [6.45, 7) is 6.12. The largest absolute Gasteiger partial charge is 0.357 e. The third-order valence-corrected chi connectivity index (χ3v) is 7.23. The van der Waals surface area contributed by atoms with Gasteiger partial charge >= 0.3 is 0 Å². The Kier molecular flexibility index (Phi) is 6.30. The van der Waals surface area contributed by atoms with Gasteiger partial charge in [0.05, 0.1) is 30.0 Å². The molecule has 6 rings (SSSR count). The Hall–Kier alpha value is -4.58. The van der Waals surface area contributed by atoms with Crippen LogP contribution in [0.2, 0.25) is 0 Å². The second kappa shape index (κ2) is 10.1. The van der Waals surface area contributed by atoms with Gasteiger partial charge in [-0.1, -0.05) is 6.07 Å². The van der Waals surface area contributed by atoms with E-state index in [4.69, 9.17) is 9.97 Å². The molecule has 0 unspecified atom stereocenters. The summed E-state index contributed by atoms with van der Waals surface area (Å²) in [5, 5.41) is 18.6. The molecular formula is C29H29N9. The molecule has 9 heteroatoms. The topological polar surface area (TPSA) is 101 Å². The van der Waals surface area contributed by atoms with E-state index in [-0.39, 0.29) is 6.04 Å². The second-order valence-corrected chi connectivity index (χ2v) is 10.1. The average Bonchev–Trinajstić information content (AvgIpc) is 3.62. The fraction of sp³-hybridized carbons (Fsp3) is 0.310. The SMILES string of the molecule is CC(C)n1cc(-c2cn3ncc(C#N)c3c(-c3ccc(N4CCC(Cc5ccccn5)CC4)nc3)n2)cn1. The summed E-state index contributed by atoms with van der Waals surface area (Å²) in [6.07, 6.45) is 14.2. The predicted octanol–water partition coefficient (Wildman–Crippen LogP) is 4.96. The van der Waals surface area contributed by atoms with Crippen LogP contribution in [0.4, 0.5) is 5.82 Å². The highest BCUT2D eigenvalue weighted by Gasteiger charge is 2.22. The maximum Gasteiger partial charge on any atom is 0.128 e. The number of rotatable bonds is 6. The van der Waals surface area contributed by atoms with Crippen LogP contribution in [0.15, 0.2) is 67.5 Å². The summed E-state index contributed by atoms with van der Waals surface area (Å²) in [5.41, 5.74) is 5.50. The van der Waals surface area contributed by atoms with Crippen molar-refractivity contribution in [1.29, 1.82) is 5.26 Å². The molecule has 0 aromatic carbocycles. The molecule has 1 saturated heterocycles. The third kappa shape index (κ3) is 4.61. The highest BCUT2D eigenvalue weighted by atomic mass is 15.3. The lowest BCUT2D eigenvalue weighted by Crippen LogP contribution is -2.34. The van der Waals surface area contributed by atoms with E-state index in [0.717, 1.165) is 55.0 Å². The van der Waals surface area contributed by atoms with Gasteiger partial charge in [0.2, 0.25) is 0 Å². The molecule has 1 aliphatic rings. The molecule has 0 N–H and O–H groups in total. The minimum atomic E-state index is 0.249. The Morgan fingerprint density at radius 3 is 2.53 bits per heavy atom. The number of nitriles is 1. The van der Waals surface area contributed by atoms with Crippen LogP contribution in [0.5, 0.6) is 0 Å². The van der Waals surface area contributed by atoms with Gasteiger partial charge in [0.1, 0.15) is 23.0 Å². The minimum absolute atomic E-state index is 0.249. The van der Waals surface area contributed by atoms with Crippen LogP contribution in [0.25, 0.3) is 28.0 Å². The summed E-state index contributed by atoms with van der Waals surface area (Å²) < 4.78 is 3.63. The highest BCUT2D eigenvalue weighted by Crippen LogP contribution is 2.30. The number of hydrogen-bond acceptors (Lipinski definition) is 7. The molecule has 1 fully saturated rings. The molecule has 38 heavy (non-hydrogen) atoms. The van der Waals surface area contributed by atoms with Crippen LogP contribution in [0, 0.1) is 17.2 Å². The van der Waals surface area contributed by atoms with Gasteiger partial charge in [0.15, 0.2) is 0 Å². The zero-order valence-corrected chi connectivity index (χ0v) is 21.6. The van der Waals surface area contributed by atoms with Crippen LogP contribution in [-0.2, 0) is 6.42 Å². The van der Waals surface area contributed by atoms with Crippen LogP contribution in [0.3, 0.4) is 0 Å². The van der Waals surface area contributed by atoms with E-state index in [0.29, 0.717) is 22.7 Å². The molecule has 0 radical (unpaired) electrons. The zero-order valence-electron chi connectivity index (χ0n) is 21.6. The number of hydrogen-bond donors (Lipinski definition) is 0. The summed E-state index contributed by atoms with van der Waals surface area (Å²) >= 11 is 0. The standard InChI is InChI=1S/C29H29N9/c1-20(2)37-18-24(17-33-37)26-19-38-29(23(14-30)16-34-38)28(35-26)22-6-7-27(32-15-22)36-11-8-21(9-12-36)13-25-5-3-4-10-31-25/h3-7,10,15-21H,8-9,11-13H2,1-2H3. The smallest absolute Gasteiger partial charge is 0.128 e. The van der Waals surface area contributed by atoms with E-state index in [2.05, 4.69) is 58.2 Å². The fourth-order valence-electron chi connectivity index (χ4n) is 5.08. The summed E-state index contributed by atoms with van der Waals surface area (Å²) in [5.74, 6) is 1.61. The average molecular weight is 504 g/mol. The molecule has 0 atom stereocenters. The van der Waals surface area contributed by atoms with Crippen molar-refractivity contribution in [2.24, 2.45) is 5.92 Å². The molecule has 190 valence electrons. The number of nitrogens with zero attached hydrogens (tertiary/aromatic N) is 9. The summed E-state index contributed by atoms with van der Waals surface area (Å²) in [6, 6.07) is 12.7. The molecule has 1 aliphatic heterocycles. The number of aromatic nitrogens is 7. The van der Waals surface area contributed by atoms with E-state index in [1.54, 1.807) is 10.7 Å². The lowest BCUT2D eigenvalue weighted by Gasteiger charge is -2.32. The number of piperidine rings is 1. The van der Waals surface area contributed by atoms with E-state index < -0.39 is 0 Å². The van der Waals surface area contributed by atoms with Crippen LogP contribution < -0.4 is 4.90 Å². The Bertz CT molecular complexity index is 1590. The van der Waals surface area contributed by atoms with Crippen LogP contribution in [-0.4, -0.2) is 47.4 Å². The fourth-order valence-corrected chi connectivity index (χ4v) is 5.08. The van der Waals surface area contributed by atoms with Gasteiger partial charge in [-0.15, -0.1) is 0 Å². The van der Waals surface area contributed by atoms with Gasteiger partial charge in [-0.3, -0.25) is 9.67 Å². The lowest BCUT2D eigenvalue weighted by molar-refractivity contribution is 0.399. The first-order valence-electron chi connectivity index (χ1n) is 13.0. The van der Waals surface area contributed by atoms with Crippen molar-refractivity contribution in [2.45, 2.75) is 39.2 Å². The van der Waals surface area contributed by atoms with Gasteiger partial charge < -0.3 is 4.90 Å². The number of anilines is 1. The Morgan fingerprint density at radius 2 is 1.84 bits per heavy atom. The first-order chi connectivity index (χ1) is 18.6. The van der Waals surface area contributed by atoms with Gasteiger partial charge in [-0.25, -0.2) is 14.5 Å². The van der Waals surface area contributed by atoms with E-state index in [9.17, 15) is 5.26 Å². The van der Waals surface area contributed by atoms with Crippen LogP contribution >= 0.6 is 0 Å². The lowest BCUT2D eigenvalue weighted by atomic mass is 9.92. The van der Waals surface area contributed by atoms with Gasteiger partial charge in [-0.2, -0.15) is 15.5 Å². The molecule has 0 spiro atoms. The Balaban J connectivity index is 1.25.